The molecule has 3 aromatic rings. The number of ketones is 1. The molecule has 3 aromatic carbocycles. The third-order valence-electron chi connectivity index (χ3n) is 6.41. The van der Waals surface area contributed by atoms with Crippen molar-refractivity contribution < 1.29 is 28.5 Å². The average molecular weight is 542 g/mol. The Morgan fingerprint density at radius 3 is 2.38 bits per heavy atom. The van der Waals surface area contributed by atoms with E-state index in [9.17, 15) is 4.79 Å². The normalized spacial score (nSPS) is 15.6. The monoisotopic (exact) mass is 541 g/mol. The van der Waals surface area contributed by atoms with Crippen LogP contribution in [0.2, 0.25) is 10.0 Å². The van der Waals surface area contributed by atoms with Crippen LogP contribution in [0.25, 0.3) is 6.08 Å². The number of Topliss-reactive ketones (excluding diaryl/α,β-unsaturated/α-hetero) is 1. The van der Waals surface area contributed by atoms with Gasteiger partial charge in [0, 0.05) is 35.8 Å². The summed E-state index contributed by atoms with van der Waals surface area (Å²) in [5, 5.41) is 1.03. The van der Waals surface area contributed by atoms with Gasteiger partial charge in [-0.3, -0.25) is 9.69 Å². The highest BCUT2D eigenvalue weighted by atomic mass is 35.5. The molecule has 37 heavy (non-hydrogen) atoms. The highest BCUT2D eigenvalue weighted by Gasteiger charge is 2.34. The van der Waals surface area contributed by atoms with Crippen molar-refractivity contribution in [1.29, 1.82) is 0 Å². The van der Waals surface area contributed by atoms with Gasteiger partial charge in [-0.25, -0.2) is 0 Å². The lowest BCUT2D eigenvalue weighted by Gasteiger charge is -2.30. The van der Waals surface area contributed by atoms with Gasteiger partial charge in [0.25, 0.3) is 0 Å². The van der Waals surface area contributed by atoms with Crippen molar-refractivity contribution in [2.45, 2.75) is 20.0 Å². The average Bonchev–Trinajstić information content (AvgIpc) is 3.21. The first kappa shape index (κ1) is 25.3. The molecular formula is C28H25Cl2NO6. The number of benzene rings is 3. The molecule has 192 valence electrons. The lowest BCUT2D eigenvalue weighted by Crippen LogP contribution is -2.32. The summed E-state index contributed by atoms with van der Waals surface area (Å²) in [5.41, 5.74) is 3.86. The van der Waals surface area contributed by atoms with E-state index in [2.05, 4.69) is 4.90 Å². The molecule has 0 aliphatic carbocycles. The molecule has 0 fully saturated rings. The van der Waals surface area contributed by atoms with Crippen molar-refractivity contribution in [3.8, 4) is 28.7 Å². The molecule has 2 aliphatic heterocycles. The second-order valence-corrected chi connectivity index (χ2v) is 9.58. The number of carbonyl (C=O) groups is 1. The number of hydrogen-bond donors (Lipinski definition) is 0. The van der Waals surface area contributed by atoms with Crippen LogP contribution in [0.15, 0.2) is 42.2 Å². The van der Waals surface area contributed by atoms with Crippen molar-refractivity contribution in [2.24, 2.45) is 0 Å². The van der Waals surface area contributed by atoms with Gasteiger partial charge in [0.05, 0.1) is 36.9 Å². The maximum atomic E-state index is 13.4. The van der Waals surface area contributed by atoms with Crippen LogP contribution >= 0.6 is 23.2 Å². The lowest BCUT2D eigenvalue weighted by atomic mass is 9.99. The summed E-state index contributed by atoms with van der Waals surface area (Å²) in [5.74, 6) is 2.79. The topological polar surface area (TPSA) is 66.5 Å². The molecule has 0 amide bonds. The third-order valence-corrected chi connectivity index (χ3v) is 7.15. The van der Waals surface area contributed by atoms with E-state index in [0.717, 1.165) is 22.4 Å². The summed E-state index contributed by atoms with van der Waals surface area (Å²) in [4.78, 5) is 15.5. The van der Waals surface area contributed by atoms with E-state index in [-0.39, 0.29) is 11.5 Å². The Bertz CT molecular complexity index is 1430. The Hall–Kier alpha value is -3.39. The minimum atomic E-state index is -0.209. The quantitative estimate of drug-likeness (QED) is 0.339. The Labute approximate surface area is 225 Å². The van der Waals surface area contributed by atoms with E-state index in [1.54, 1.807) is 45.6 Å². The lowest BCUT2D eigenvalue weighted by molar-refractivity contribution is 0.0876. The molecule has 0 atom stereocenters. The van der Waals surface area contributed by atoms with Gasteiger partial charge in [-0.1, -0.05) is 29.3 Å². The number of halogens is 2. The van der Waals surface area contributed by atoms with Crippen molar-refractivity contribution in [3.63, 3.8) is 0 Å². The van der Waals surface area contributed by atoms with E-state index < -0.39 is 0 Å². The summed E-state index contributed by atoms with van der Waals surface area (Å²) >= 11 is 12.2. The summed E-state index contributed by atoms with van der Waals surface area (Å²) in [6.07, 6.45) is 1.65. The summed E-state index contributed by atoms with van der Waals surface area (Å²) < 4.78 is 28.4. The van der Waals surface area contributed by atoms with E-state index >= 15 is 0 Å². The molecule has 5 rings (SSSR count). The van der Waals surface area contributed by atoms with Gasteiger partial charge < -0.3 is 23.7 Å². The number of allylic oxidation sites excluding steroid dienone is 1. The number of methoxy groups -OCH3 is 3. The van der Waals surface area contributed by atoms with Gasteiger partial charge in [-0.2, -0.15) is 0 Å². The van der Waals surface area contributed by atoms with Crippen molar-refractivity contribution in [1.82, 2.24) is 4.90 Å². The fraction of sp³-hybridized carbons (Fsp3) is 0.250. The molecular weight excluding hydrogens is 517 g/mol. The van der Waals surface area contributed by atoms with Crippen molar-refractivity contribution >= 4 is 35.1 Å². The van der Waals surface area contributed by atoms with Crippen LogP contribution in [0.5, 0.6) is 28.7 Å². The van der Waals surface area contributed by atoms with Gasteiger partial charge in [-0.05, 0) is 42.8 Å². The number of rotatable bonds is 6. The predicted octanol–water partition coefficient (Wildman–Crippen LogP) is 6.30. The van der Waals surface area contributed by atoms with Gasteiger partial charge in [0.1, 0.15) is 24.0 Å². The van der Waals surface area contributed by atoms with Gasteiger partial charge >= 0.3 is 0 Å². The molecule has 0 radical (unpaired) electrons. The first-order chi connectivity index (χ1) is 17.8. The summed E-state index contributed by atoms with van der Waals surface area (Å²) in [7, 11) is 4.65. The Kier molecular flexibility index (Phi) is 6.94. The maximum Gasteiger partial charge on any atom is 0.231 e. The third kappa shape index (κ3) is 4.70. The number of ether oxygens (including phenoxy) is 5. The molecule has 0 N–H and O–H groups in total. The molecule has 9 heteroatoms. The van der Waals surface area contributed by atoms with Gasteiger partial charge in [0.15, 0.2) is 17.3 Å². The SMILES string of the molecule is COc1cc(OC)c(OC)cc1/C=C1\Oc2c(cc3c(c2C)OCN(Cc2ccc(Cl)c(Cl)c2)C3)C1=O. The van der Waals surface area contributed by atoms with Crippen LogP contribution in [0.3, 0.4) is 0 Å². The van der Waals surface area contributed by atoms with E-state index in [1.165, 1.54) is 0 Å². The van der Waals surface area contributed by atoms with Crippen LogP contribution in [0.4, 0.5) is 0 Å². The first-order valence-corrected chi connectivity index (χ1v) is 12.3. The minimum Gasteiger partial charge on any atom is -0.496 e. The zero-order valence-corrected chi connectivity index (χ0v) is 22.3. The minimum absolute atomic E-state index is 0.193. The molecule has 2 heterocycles. The Morgan fingerprint density at radius 1 is 0.946 bits per heavy atom. The Morgan fingerprint density at radius 2 is 1.68 bits per heavy atom. The highest BCUT2D eigenvalue weighted by molar-refractivity contribution is 6.42. The number of carbonyl (C=O) groups excluding carboxylic acids is 1. The van der Waals surface area contributed by atoms with Gasteiger partial charge in [0.2, 0.25) is 5.78 Å². The number of fused-ring (bicyclic) bond motifs is 2. The van der Waals surface area contributed by atoms with Crippen molar-refractivity contribution in [3.05, 3.63) is 80.0 Å². The molecule has 0 unspecified atom stereocenters. The maximum absolute atomic E-state index is 13.4. The second-order valence-electron chi connectivity index (χ2n) is 8.76. The molecule has 0 spiro atoms. The molecule has 2 aliphatic rings. The van der Waals surface area contributed by atoms with Crippen LogP contribution in [-0.2, 0) is 13.1 Å². The van der Waals surface area contributed by atoms with Crippen LogP contribution in [0, 0.1) is 6.92 Å². The van der Waals surface area contributed by atoms with Crippen molar-refractivity contribution in [2.75, 3.05) is 28.1 Å². The zero-order valence-electron chi connectivity index (χ0n) is 20.8. The van der Waals surface area contributed by atoms with E-state index in [4.69, 9.17) is 46.9 Å². The largest absolute Gasteiger partial charge is 0.496 e. The fourth-order valence-electron chi connectivity index (χ4n) is 4.60. The second kappa shape index (κ2) is 10.2. The Balaban J connectivity index is 1.44. The molecule has 0 bridgehead atoms. The molecule has 0 saturated heterocycles. The van der Waals surface area contributed by atoms with Gasteiger partial charge in [-0.15, -0.1) is 0 Å². The van der Waals surface area contributed by atoms with E-state index in [0.29, 0.717) is 64.0 Å². The zero-order chi connectivity index (χ0) is 26.3. The first-order valence-electron chi connectivity index (χ1n) is 11.5. The smallest absolute Gasteiger partial charge is 0.231 e. The predicted molar refractivity (Wildman–Crippen MR) is 141 cm³/mol. The van der Waals surface area contributed by atoms with Crippen LogP contribution in [0.1, 0.15) is 32.6 Å². The highest BCUT2D eigenvalue weighted by Crippen LogP contribution is 2.44. The molecule has 7 nitrogen and oxygen atoms in total. The van der Waals surface area contributed by atoms with E-state index in [1.807, 2.05) is 25.1 Å². The standard InChI is InChI=1S/C28H25Cl2NO6/c1-15-27-18(13-31(14-36-27)12-16-5-6-20(29)21(30)7-16)8-19-26(32)25(37-28(15)19)10-17-9-23(34-3)24(35-4)11-22(17)33-2/h5-11H,12-14H2,1-4H3/b25-10-. The number of hydrogen-bond acceptors (Lipinski definition) is 7. The van der Waals surface area contributed by atoms with Crippen LogP contribution in [-0.4, -0.2) is 38.7 Å². The van der Waals surface area contributed by atoms with Crippen LogP contribution < -0.4 is 23.7 Å². The summed E-state index contributed by atoms with van der Waals surface area (Å²) in [6.45, 7) is 3.53. The number of nitrogens with zero attached hydrogens (tertiary/aromatic N) is 1. The molecule has 0 aromatic heterocycles. The fourth-order valence-corrected chi connectivity index (χ4v) is 4.92. The molecule has 0 saturated carbocycles. The summed E-state index contributed by atoms with van der Waals surface area (Å²) in [6, 6.07) is 10.9.